The first-order valence-electron chi connectivity index (χ1n) is 9.18. The third-order valence-electron chi connectivity index (χ3n) is 4.95. The lowest BCUT2D eigenvalue weighted by Gasteiger charge is -2.25. The largest absolute Gasteiger partial charge is 0.301 e. The van der Waals surface area contributed by atoms with Gasteiger partial charge in [-0.2, -0.15) is 0 Å². The predicted molar refractivity (Wildman–Crippen MR) is 113 cm³/mol. The number of halogens is 1. The molecule has 1 aliphatic rings. The van der Waals surface area contributed by atoms with Crippen LogP contribution < -0.4 is 5.32 Å². The van der Waals surface area contributed by atoms with E-state index >= 15 is 0 Å². The molecule has 1 aromatic heterocycles. The van der Waals surface area contributed by atoms with E-state index in [2.05, 4.69) is 15.2 Å². The number of thiazole rings is 1. The summed E-state index contributed by atoms with van der Waals surface area (Å²) in [6.07, 6.45) is 3.67. The van der Waals surface area contributed by atoms with Gasteiger partial charge in [-0.15, -0.1) is 11.3 Å². The van der Waals surface area contributed by atoms with Crippen molar-refractivity contribution >= 4 is 43.8 Å². The summed E-state index contributed by atoms with van der Waals surface area (Å²) >= 11 is 7.14. The number of benzene rings is 1. The summed E-state index contributed by atoms with van der Waals surface area (Å²) in [6, 6.07) is 5.81. The number of carbonyl (C=O) groups is 1. The Bertz CT molecular complexity index is 934. The maximum absolute atomic E-state index is 12.9. The quantitative estimate of drug-likeness (QED) is 0.733. The Morgan fingerprint density at radius 1 is 1.21 bits per heavy atom. The van der Waals surface area contributed by atoms with Gasteiger partial charge in [0.2, 0.25) is 5.91 Å². The van der Waals surface area contributed by atoms with E-state index in [9.17, 15) is 13.2 Å². The first-order valence-corrected chi connectivity index (χ1v) is 11.9. The van der Waals surface area contributed by atoms with Gasteiger partial charge >= 0.3 is 0 Å². The van der Waals surface area contributed by atoms with Gasteiger partial charge in [-0.3, -0.25) is 9.69 Å². The number of amides is 1. The van der Waals surface area contributed by atoms with Crippen molar-refractivity contribution in [2.24, 2.45) is 0 Å². The Balaban J connectivity index is 1.70. The third-order valence-corrected chi connectivity index (χ3v) is 8.43. The van der Waals surface area contributed by atoms with Crippen LogP contribution in [0.5, 0.6) is 0 Å². The minimum Gasteiger partial charge on any atom is -0.301 e. The van der Waals surface area contributed by atoms with Gasteiger partial charge in [0.1, 0.15) is 4.75 Å². The molecule has 1 saturated heterocycles. The number of rotatable bonds is 6. The molecule has 9 heteroatoms. The van der Waals surface area contributed by atoms with Crippen LogP contribution in [0.4, 0.5) is 5.13 Å². The monoisotopic (exact) mass is 441 g/mol. The predicted octanol–water partition coefficient (Wildman–Crippen LogP) is 3.97. The smallest absolute Gasteiger partial charge is 0.247 e. The molecule has 3 rings (SSSR count). The van der Waals surface area contributed by atoms with E-state index in [0.717, 1.165) is 25.3 Å². The van der Waals surface area contributed by atoms with Crippen LogP contribution in [0.3, 0.4) is 0 Å². The van der Waals surface area contributed by atoms with Crippen molar-refractivity contribution in [3.63, 3.8) is 0 Å². The highest BCUT2D eigenvalue weighted by molar-refractivity contribution is 7.93. The molecule has 0 atom stereocenters. The fraction of sp³-hybridized carbons (Fsp3) is 0.474. The Morgan fingerprint density at radius 3 is 2.50 bits per heavy atom. The highest BCUT2D eigenvalue weighted by Gasteiger charge is 2.43. The maximum atomic E-state index is 12.9. The number of sulfone groups is 1. The highest BCUT2D eigenvalue weighted by atomic mass is 35.5. The van der Waals surface area contributed by atoms with E-state index in [1.807, 2.05) is 5.38 Å². The molecular weight excluding hydrogens is 418 g/mol. The summed E-state index contributed by atoms with van der Waals surface area (Å²) in [5.41, 5.74) is 0.889. The van der Waals surface area contributed by atoms with Crippen LogP contribution >= 0.6 is 22.9 Å². The number of hydrogen-bond acceptors (Lipinski definition) is 6. The second kappa shape index (κ2) is 8.49. The molecule has 0 aliphatic carbocycles. The molecule has 6 nitrogen and oxygen atoms in total. The number of anilines is 1. The van der Waals surface area contributed by atoms with Crippen LogP contribution in [-0.4, -0.2) is 42.0 Å². The zero-order valence-corrected chi connectivity index (χ0v) is 18.3. The standard InChI is InChI=1S/C19H24ClN3O3S2/c1-19(2,28(25,26)16-8-6-14(20)7-9-16)17(24)22-18-21-15(13-27-18)12-23-10-4-3-5-11-23/h6-9,13H,3-5,10-12H2,1-2H3,(H,21,22,24). The van der Waals surface area contributed by atoms with Gasteiger partial charge in [0.15, 0.2) is 15.0 Å². The fourth-order valence-corrected chi connectivity index (χ4v) is 5.26. The van der Waals surface area contributed by atoms with E-state index < -0.39 is 20.5 Å². The van der Waals surface area contributed by atoms with Crippen molar-refractivity contribution in [2.75, 3.05) is 18.4 Å². The number of aromatic nitrogens is 1. The molecule has 1 aromatic carbocycles. The van der Waals surface area contributed by atoms with Gasteiger partial charge in [-0.25, -0.2) is 13.4 Å². The second-order valence-electron chi connectivity index (χ2n) is 7.40. The molecule has 1 aliphatic heterocycles. The first kappa shape index (κ1) is 21.2. The van der Waals surface area contributed by atoms with Crippen molar-refractivity contribution in [1.82, 2.24) is 9.88 Å². The summed E-state index contributed by atoms with van der Waals surface area (Å²) in [6.45, 7) is 5.67. The van der Waals surface area contributed by atoms with Crippen LogP contribution in [-0.2, 0) is 21.2 Å². The molecule has 0 bridgehead atoms. The summed E-state index contributed by atoms with van der Waals surface area (Å²) in [5.74, 6) is -0.610. The number of likely N-dealkylation sites (tertiary alicyclic amines) is 1. The first-order chi connectivity index (χ1) is 13.2. The molecule has 1 N–H and O–H groups in total. The molecule has 1 amide bonds. The van der Waals surface area contributed by atoms with E-state index in [1.165, 1.54) is 68.7 Å². The van der Waals surface area contributed by atoms with Crippen molar-refractivity contribution in [2.45, 2.75) is 49.3 Å². The van der Waals surface area contributed by atoms with Crippen molar-refractivity contribution < 1.29 is 13.2 Å². The molecular formula is C19H24ClN3O3S2. The Hall–Kier alpha value is -1.48. The van der Waals surface area contributed by atoms with Crippen LogP contribution in [0.2, 0.25) is 5.02 Å². The van der Waals surface area contributed by atoms with Crippen LogP contribution in [0, 0.1) is 0 Å². The van der Waals surface area contributed by atoms with E-state index in [0.29, 0.717) is 10.2 Å². The molecule has 1 fully saturated rings. The minimum atomic E-state index is -3.89. The van der Waals surface area contributed by atoms with Gasteiger partial charge in [-0.05, 0) is 64.0 Å². The van der Waals surface area contributed by atoms with Crippen molar-refractivity contribution in [3.05, 3.63) is 40.4 Å². The van der Waals surface area contributed by atoms with Crippen LogP contribution in [0.15, 0.2) is 34.5 Å². The summed E-state index contributed by atoms with van der Waals surface area (Å²) in [4.78, 5) is 19.6. The average molecular weight is 442 g/mol. The Labute approximate surface area is 174 Å². The average Bonchev–Trinajstić information content (AvgIpc) is 3.09. The molecule has 0 saturated carbocycles. The number of carbonyl (C=O) groups excluding carboxylic acids is 1. The van der Waals surface area contributed by atoms with Gasteiger partial charge in [0.25, 0.3) is 0 Å². The van der Waals surface area contributed by atoms with Crippen LogP contribution in [0.25, 0.3) is 0 Å². The number of hydrogen-bond donors (Lipinski definition) is 1. The number of piperidine rings is 1. The van der Waals surface area contributed by atoms with Gasteiger partial charge in [0.05, 0.1) is 10.6 Å². The molecule has 0 unspecified atom stereocenters. The maximum Gasteiger partial charge on any atom is 0.247 e. The van der Waals surface area contributed by atoms with Gasteiger partial charge < -0.3 is 5.32 Å². The van der Waals surface area contributed by atoms with Crippen molar-refractivity contribution in [1.29, 1.82) is 0 Å². The van der Waals surface area contributed by atoms with Gasteiger partial charge in [0, 0.05) is 16.9 Å². The number of nitrogens with one attached hydrogen (secondary N) is 1. The normalized spacial score (nSPS) is 16.1. The molecule has 0 radical (unpaired) electrons. The Kier molecular flexibility index (Phi) is 6.44. The molecule has 2 heterocycles. The lowest BCUT2D eigenvalue weighted by atomic mass is 10.1. The Morgan fingerprint density at radius 2 is 1.86 bits per heavy atom. The zero-order chi connectivity index (χ0) is 20.4. The molecule has 28 heavy (non-hydrogen) atoms. The molecule has 0 spiro atoms. The number of nitrogens with zero attached hydrogens (tertiary/aromatic N) is 2. The SMILES string of the molecule is CC(C)(C(=O)Nc1nc(CN2CCCCC2)cs1)S(=O)(=O)c1ccc(Cl)cc1. The second-order valence-corrected chi connectivity index (χ2v) is 11.2. The lowest BCUT2D eigenvalue weighted by molar-refractivity contribution is -0.117. The molecule has 152 valence electrons. The fourth-order valence-electron chi connectivity index (χ4n) is 3.06. The lowest BCUT2D eigenvalue weighted by Crippen LogP contribution is -2.44. The van der Waals surface area contributed by atoms with Crippen molar-refractivity contribution in [3.8, 4) is 0 Å². The van der Waals surface area contributed by atoms with Gasteiger partial charge in [-0.1, -0.05) is 18.0 Å². The summed E-state index contributed by atoms with van der Waals surface area (Å²) < 4.78 is 24.2. The zero-order valence-electron chi connectivity index (χ0n) is 15.9. The van der Waals surface area contributed by atoms with Crippen LogP contribution in [0.1, 0.15) is 38.8 Å². The summed E-state index contributed by atoms with van der Waals surface area (Å²) in [5, 5.41) is 5.43. The third kappa shape index (κ3) is 4.56. The van der Waals surface area contributed by atoms with E-state index in [-0.39, 0.29) is 4.90 Å². The molecule has 2 aromatic rings. The summed E-state index contributed by atoms with van der Waals surface area (Å²) in [7, 11) is -3.89. The minimum absolute atomic E-state index is 0.0574. The van der Waals surface area contributed by atoms with E-state index in [1.54, 1.807) is 0 Å². The topological polar surface area (TPSA) is 79.4 Å². The van der Waals surface area contributed by atoms with E-state index in [4.69, 9.17) is 11.6 Å². The highest BCUT2D eigenvalue weighted by Crippen LogP contribution is 2.28.